The van der Waals surface area contributed by atoms with E-state index >= 15 is 0 Å². The predicted molar refractivity (Wildman–Crippen MR) is 126 cm³/mol. The van der Waals surface area contributed by atoms with Crippen molar-refractivity contribution in [3.63, 3.8) is 0 Å². The van der Waals surface area contributed by atoms with Gasteiger partial charge >= 0.3 is 0 Å². The number of anilines is 1. The van der Waals surface area contributed by atoms with Crippen LogP contribution in [0.1, 0.15) is 76.2 Å². The lowest BCUT2D eigenvalue weighted by atomic mass is 9.56. The van der Waals surface area contributed by atoms with Gasteiger partial charge < -0.3 is 15.4 Å². The number of carbonyl (C=O) groups is 3. The maximum absolute atomic E-state index is 14.0. The van der Waals surface area contributed by atoms with Gasteiger partial charge in [-0.05, 0) is 68.5 Å². The van der Waals surface area contributed by atoms with Crippen molar-refractivity contribution in [1.29, 1.82) is 0 Å². The summed E-state index contributed by atoms with van der Waals surface area (Å²) in [7, 11) is 0. The number of nitrogens with zero attached hydrogens (tertiary/aromatic N) is 1. The number of rotatable bonds is 0. The highest BCUT2D eigenvalue weighted by atomic mass is 16.5. The van der Waals surface area contributed by atoms with Gasteiger partial charge in [0.15, 0.2) is 5.78 Å². The highest BCUT2D eigenvalue weighted by Gasteiger charge is 2.78. The summed E-state index contributed by atoms with van der Waals surface area (Å²) in [5.41, 5.74) is -0.650. The molecule has 3 spiro atoms. The average molecular weight is 464 g/mol. The van der Waals surface area contributed by atoms with Crippen LogP contribution in [0.4, 0.5) is 5.69 Å². The fourth-order valence-electron chi connectivity index (χ4n) is 9.09. The molecule has 2 N–H and O–H groups in total. The first kappa shape index (κ1) is 20.9. The number of fused-ring (bicyclic) bond motifs is 5. The van der Waals surface area contributed by atoms with Crippen molar-refractivity contribution in [2.24, 2.45) is 17.3 Å². The molecule has 1 aromatic carbocycles. The van der Waals surface area contributed by atoms with E-state index in [9.17, 15) is 14.4 Å². The molecule has 6 aliphatic heterocycles. The Morgan fingerprint density at radius 1 is 1.09 bits per heavy atom. The molecular weight excluding hydrogens is 430 g/mol. The van der Waals surface area contributed by atoms with E-state index in [1.54, 1.807) is 0 Å². The second-order valence-corrected chi connectivity index (χ2v) is 13.0. The van der Waals surface area contributed by atoms with Crippen molar-refractivity contribution in [2.45, 2.75) is 82.4 Å². The van der Waals surface area contributed by atoms with E-state index in [-0.39, 0.29) is 29.9 Å². The van der Waals surface area contributed by atoms with Crippen LogP contribution in [0.25, 0.3) is 0 Å². The molecule has 2 bridgehead atoms. The summed E-state index contributed by atoms with van der Waals surface area (Å²) < 4.78 is 6.14. The molecule has 6 heterocycles. The number of ether oxygens (including phenoxy) is 1. The fraction of sp³-hybridized carbons (Fsp3) is 0.667. The van der Waals surface area contributed by atoms with Crippen molar-refractivity contribution in [2.75, 3.05) is 18.4 Å². The molecule has 7 heteroatoms. The Morgan fingerprint density at radius 2 is 1.85 bits per heavy atom. The van der Waals surface area contributed by atoms with Crippen LogP contribution >= 0.6 is 0 Å². The molecule has 1 unspecified atom stereocenters. The molecule has 1 aromatic rings. The Labute approximate surface area is 200 Å². The van der Waals surface area contributed by atoms with E-state index in [4.69, 9.17) is 4.74 Å². The van der Waals surface area contributed by atoms with E-state index in [1.165, 1.54) is 0 Å². The first-order valence-electron chi connectivity index (χ1n) is 12.7. The Hall–Kier alpha value is -2.41. The number of ketones is 1. The third-order valence-corrected chi connectivity index (χ3v) is 10.7. The topological polar surface area (TPSA) is 87.7 Å². The van der Waals surface area contributed by atoms with E-state index < -0.39 is 27.5 Å². The maximum Gasteiger partial charge on any atom is 0.241 e. The third kappa shape index (κ3) is 2.01. The van der Waals surface area contributed by atoms with Crippen LogP contribution in [-0.2, 0) is 15.0 Å². The van der Waals surface area contributed by atoms with Crippen LogP contribution in [0.2, 0.25) is 0 Å². The molecule has 34 heavy (non-hydrogen) atoms. The van der Waals surface area contributed by atoms with Crippen LogP contribution < -0.4 is 15.4 Å². The van der Waals surface area contributed by atoms with E-state index in [0.717, 1.165) is 31.5 Å². The Bertz CT molecular complexity index is 1220. The average Bonchev–Trinajstić information content (AvgIpc) is 3.28. The van der Waals surface area contributed by atoms with Crippen molar-refractivity contribution in [3.8, 4) is 5.75 Å². The second-order valence-electron chi connectivity index (χ2n) is 13.0. The highest BCUT2D eigenvalue weighted by Crippen LogP contribution is 2.70. The van der Waals surface area contributed by atoms with Crippen molar-refractivity contribution in [1.82, 2.24) is 10.2 Å². The maximum atomic E-state index is 14.0. The third-order valence-electron chi connectivity index (χ3n) is 10.7. The first-order chi connectivity index (χ1) is 15.9. The number of Topliss-reactive ketones (excluding diaryl/α,β-unsaturated/α-hetero) is 1. The predicted octanol–water partition coefficient (Wildman–Crippen LogP) is 3.02. The number of hydrogen-bond donors (Lipinski definition) is 2. The minimum Gasteiger partial charge on any atom is -0.487 e. The van der Waals surface area contributed by atoms with Crippen LogP contribution in [0.3, 0.4) is 0 Å². The zero-order chi connectivity index (χ0) is 24.1. The van der Waals surface area contributed by atoms with Crippen LogP contribution in [0.5, 0.6) is 5.75 Å². The summed E-state index contributed by atoms with van der Waals surface area (Å²) in [6.07, 6.45) is 2.66. The van der Waals surface area contributed by atoms with Gasteiger partial charge in [0, 0.05) is 6.54 Å². The Balaban J connectivity index is 1.41. The summed E-state index contributed by atoms with van der Waals surface area (Å²) in [5.74, 6) is 1.12. The molecule has 180 valence electrons. The molecule has 7 aliphatic rings. The van der Waals surface area contributed by atoms with E-state index in [2.05, 4.69) is 36.3 Å². The monoisotopic (exact) mass is 463 g/mol. The molecule has 1 aliphatic carbocycles. The lowest BCUT2D eigenvalue weighted by Crippen LogP contribution is -2.79. The van der Waals surface area contributed by atoms with E-state index in [0.29, 0.717) is 29.3 Å². The van der Waals surface area contributed by atoms with Crippen LogP contribution in [-0.4, -0.2) is 52.3 Å². The molecule has 5 fully saturated rings. The summed E-state index contributed by atoms with van der Waals surface area (Å²) in [6.45, 7) is 12.2. The number of piperazine rings is 1. The number of nitrogens with one attached hydrogen (secondary N) is 2. The molecule has 5 atom stereocenters. The molecule has 7 nitrogen and oxygen atoms in total. The highest BCUT2D eigenvalue weighted by molar-refractivity contribution is 6.15. The lowest BCUT2D eigenvalue weighted by molar-refractivity contribution is -0.160. The number of amides is 2. The van der Waals surface area contributed by atoms with E-state index in [1.807, 2.05) is 26.0 Å². The Kier molecular flexibility index (Phi) is 3.50. The largest absolute Gasteiger partial charge is 0.487 e. The summed E-state index contributed by atoms with van der Waals surface area (Å²) in [6, 6.07) is 3.87. The quantitative estimate of drug-likeness (QED) is 0.618. The van der Waals surface area contributed by atoms with Gasteiger partial charge in [-0.25, -0.2) is 0 Å². The van der Waals surface area contributed by atoms with Gasteiger partial charge in [-0.3, -0.25) is 19.3 Å². The summed E-state index contributed by atoms with van der Waals surface area (Å²) in [4.78, 5) is 43.2. The van der Waals surface area contributed by atoms with Gasteiger partial charge in [-0.1, -0.05) is 26.8 Å². The molecule has 0 aromatic heterocycles. The van der Waals surface area contributed by atoms with Crippen molar-refractivity contribution < 1.29 is 19.1 Å². The minimum atomic E-state index is -0.808. The molecular formula is C27H33N3O4. The number of benzene rings is 1. The van der Waals surface area contributed by atoms with Crippen LogP contribution in [0, 0.1) is 17.3 Å². The smallest absolute Gasteiger partial charge is 0.241 e. The van der Waals surface area contributed by atoms with Gasteiger partial charge in [-0.15, -0.1) is 0 Å². The molecule has 4 saturated heterocycles. The molecule has 0 radical (unpaired) electrons. The SMILES string of the molecule is C[C@@H]1CCN2CC34C[C@@]5(C(=O)Nc6c5ccc5c6C(=O)CC(C)(C)O5)C(C)(C)[C@@H]3C[C@]12C(=O)N4. The zero-order valence-electron chi connectivity index (χ0n) is 20.6. The van der Waals surface area contributed by atoms with Gasteiger partial charge in [0.1, 0.15) is 16.9 Å². The normalized spacial score (nSPS) is 42.6. The summed E-state index contributed by atoms with van der Waals surface area (Å²) in [5, 5.41) is 6.61. The van der Waals surface area contributed by atoms with Gasteiger partial charge in [0.05, 0.1) is 28.6 Å². The zero-order valence-corrected chi connectivity index (χ0v) is 20.6. The number of piperidine rings is 2. The van der Waals surface area contributed by atoms with Crippen molar-refractivity contribution >= 4 is 23.3 Å². The Morgan fingerprint density at radius 3 is 2.62 bits per heavy atom. The van der Waals surface area contributed by atoms with Gasteiger partial charge in [0.25, 0.3) is 0 Å². The number of carbonyl (C=O) groups excluding carboxylic acids is 3. The lowest BCUT2D eigenvalue weighted by Gasteiger charge is -2.61. The van der Waals surface area contributed by atoms with Gasteiger partial charge in [0.2, 0.25) is 11.8 Å². The number of hydrogen-bond acceptors (Lipinski definition) is 5. The molecule has 2 amide bonds. The molecule has 8 rings (SSSR count). The second kappa shape index (κ2) is 5.69. The van der Waals surface area contributed by atoms with Gasteiger partial charge in [-0.2, -0.15) is 0 Å². The first-order valence-corrected chi connectivity index (χ1v) is 12.7. The molecule has 1 saturated carbocycles. The van der Waals surface area contributed by atoms with Crippen LogP contribution in [0.15, 0.2) is 12.1 Å². The summed E-state index contributed by atoms with van der Waals surface area (Å²) >= 11 is 0. The van der Waals surface area contributed by atoms with Crippen molar-refractivity contribution in [3.05, 3.63) is 23.3 Å². The standard InChI is InChI=1S/C27H33N3O4/c1-14-8-9-30-13-25-12-26(24(4,5)18(25)11-27(14,30)22(33)29-25)15-6-7-17-19(20(15)28-21(26)32)16(31)10-23(2,3)34-17/h6-7,14,18H,8-13H2,1-5H3,(H,28,32)(H,29,33)/t14-,18+,25?,26-,27-/m1/s1. The fourth-order valence-corrected chi connectivity index (χ4v) is 9.09. The minimum absolute atomic E-state index is 0.00872.